The van der Waals surface area contributed by atoms with Crippen molar-refractivity contribution >= 4 is 11.7 Å². The highest BCUT2D eigenvalue weighted by molar-refractivity contribution is 6.01. The highest BCUT2D eigenvalue weighted by Crippen LogP contribution is 2.23. The number of hydrogen-bond donors (Lipinski definition) is 1. The maximum absolute atomic E-state index is 12.6. The zero-order valence-corrected chi connectivity index (χ0v) is 15.7. The van der Waals surface area contributed by atoms with E-state index in [2.05, 4.69) is 20.3 Å². The van der Waals surface area contributed by atoms with Crippen molar-refractivity contribution < 1.29 is 22.7 Å². The molecule has 30 heavy (non-hydrogen) atoms. The van der Waals surface area contributed by atoms with Crippen LogP contribution in [-0.4, -0.2) is 44.6 Å². The monoisotopic (exact) mass is 419 g/mol. The molecule has 0 radical (unpaired) electrons. The van der Waals surface area contributed by atoms with Gasteiger partial charge in [0.05, 0.1) is 23.5 Å². The Hall–Kier alpha value is -3.76. The maximum atomic E-state index is 12.6. The smallest absolute Gasteiger partial charge is 0.422 e. The fraction of sp³-hybridized carbons (Fsp3) is 0.211. The van der Waals surface area contributed by atoms with Gasteiger partial charge in [0.2, 0.25) is 5.95 Å². The van der Waals surface area contributed by atoms with Crippen molar-refractivity contribution in [2.45, 2.75) is 6.18 Å². The molecule has 0 fully saturated rings. The van der Waals surface area contributed by atoms with Gasteiger partial charge in [0.25, 0.3) is 5.56 Å². The Morgan fingerprint density at radius 3 is 2.67 bits per heavy atom. The summed E-state index contributed by atoms with van der Waals surface area (Å²) >= 11 is 0. The molecule has 2 aromatic heterocycles. The van der Waals surface area contributed by atoms with Crippen LogP contribution in [0.25, 0.3) is 11.4 Å². The second kappa shape index (κ2) is 8.72. The molecule has 3 rings (SSSR count). The second-order valence-corrected chi connectivity index (χ2v) is 6.13. The molecule has 0 bridgehead atoms. The third kappa shape index (κ3) is 5.19. The van der Waals surface area contributed by atoms with Crippen LogP contribution >= 0.6 is 0 Å². The minimum atomic E-state index is -4.53. The fourth-order valence-electron chi connectivity index (χ4n) is 2.51. The van der Waals surface area contributed by atoms with E-state index >= 15 is 0 Å². The molecular weight excluding hydrogens is 403 g/mol. The lowest BCUT2D eigenvalue weighted by Crippen LogP contribution is -2.25. The SMILES string of the molecule is Cn1c(NCC(=O)c2ccccc2OCC(F)(F)F)nc(-c2ccncn2)cc1=O. The quantitative estimate of drug-likeness (QED) is 0.588. The molecule has 0 aliphatic carbocycles. The molecular formula is C19H16F3N5O3. The number of ketones is 1. The maximum Gasteiger partial charge on any atom is 0.422 e. The first-order valence-corrected chi connectivity index (χ1v) is 8.65. The van der Waals surface area contributed by atoms with Crippen LogP contribution in [0, 0.1) is 0 Å². The van der Waals surface area contributed by atoms with Gasteiger partial charge in [0, 0.05) is 19.3 Å². The highest BCUT2D eigenvalue weighted by Gasteiger charge is 2.29. The number of benzene rings is 1. The number of para-hydroxylation sites is 1. The van der Waals surface area contributed by atoms with Gasteiger partial charge in [-0.25, -0.2) is 15.0 Å². The van der Waals surface area contributed by atoms with E-state index in [1.807, 2.05) is 0 Å². The molecule has 2 heterocycles. The van der Waals surface area contributed by atoms with Gasteiger partial charge in [-0.15, -0.1) is 0 Å². The van der Waals surface area contributed by atoms with Crippen LogP contribution in [-0.2, 0) is 7.05 Å². The summed E-state index contributed by atoms with van der Waals surface area (Å²) in [4.78, 5) is 36.9. The van der Waals surface area contributed by atoms with Crippen molar-refractivity contribution in [3.63, 3.8) is 0 Å². The zero-order valence-electron chi connectivity index (χ0n) is 15.7. The van der Waals surface area contributed by atoms with E-state index in [0.717, 1.165) is 0 Å². The summed E-state index contributed by atoms with van der Waals surface area (Å²) in [6.07, 6.45) is -1.73. The summed E-state index contributed by atoms with van der Waals surface area (Å²) in [7, 11) is 1.46. The minimum Gasteiger partial charge on any atom is -0.483 e. The molecule has 156 valence electrons. The van der Waals surface area contributed by atoms with Gasteiger partial charge < -0.3 is 10.1 Å². The van der Waals surface area contributed by atoms with E-state index in [1.165, 1.54) is 54.5 Å². The van der Waals surface area contributed by atoms with E-state index in [1.54, 1.807) is 6.07 Å². The number of carbonyl (C=O) groups excluding carboxylic acids is 1. The van der Waals surface area contributed by atoms with Gasteiger partial charge in [-0.3, -0.25) is 14.2 Å². The summed E-state index contributed by atoms with van der Waals surface area (Å²) in [5, 5.41) is 2.74. The van der Waals surface area contributed by atoms with Crippen molar-refractivity contribution in [2.75, 3.05) is 18.5 Å². The molecule has 0 atom stereocenters. The Bertz CT molecular complexity index is 1100. The minimum absolute atomic E-state index is 0.0220. The molecule has 0 saturated heterocycles. The van der Waals surface area contributed by atoms with E-state index in [-0.39, 0.29) is 35.1 Å². The van der Waals surface area contributed by atoms with Gasteiger partial charge in [0.1, 0.15) is 12.1 Å². The Balaban J connectivity index is 1.79. The first-order valence-electron chi connectivity index (χ1n) is 8.65. The van der Waals surface area contributed by atoms with Crippen LogP contribution in [0.5, 0.6) is 5.75 Å². The van der Waals surface area contributed by atoms with Crippen LogP contribution in [0.3, 0.4) is 0 Å². The molecule has 0 saturated carbocycles. The van der Waals surface area contributed by atoms with Crippen molar-refractivity contribution in [1.82, 2.24) is 19.5 Å². The van der Waals surface area contributed by atoms with Crippen molar-refractivity contribution in [3.8, 4) is 17.1 Å². The number of hydrogen-bond acceptors (Lipinski definition) is 7. The number of aromatic nitrogens is 4. The molecule has 0 aliphatic heterocycles. The van der Waals surface area contributed by atoms with Crippen LogP contribution in [0.2, 0.25) is 0 Å². The number of nitrogens with one attached hydrogen (secondary N) is 1. The van der Waals surface area contributed by atoms with Gasteiger partial charge in [-0.05, 0) is 18.2 Å². The largest absolute Gasteiger partial charge is 0.483 e. The molecule has 0 unspecified atom stereocenters. The molecule has 0 amide bonds. The number of Topliss-reactive ketones (excluding diaryl/α,β-unsaturated/α-hetero) is 1. The van der Waals surface area contributed by atoms with Crippen molar-refractivity contribution in [1.29, 1.82) is 0 Å². The lowest BCUT2D eigenvalue weighted by atomic mass is 10.1. The molecule has 3 aromatic rings. The number of ether oxygens (including phenoxy) is 1. The number of alkyl halides is 3. The van der Waals surface area contributed by atoms with Crippen LogP contribution in [0.4, 0.5) is 19.1 Å². The molecule has 0 aliphatic rings. The average Bonchev–Trinajstić information content (AvgIpc) is 2.73. The van der Waals surface area contributed by atoms with Crippen LogP contribution < -0.4 is 15.6 Å². The molecule has 11 heteroatoms. The first-order chi connectivity index (χ1) is 14.2. The van der Waals surface area contributed by atoms with E-state index in [4.69, 9.17) is 4.74 Å². The average molecular weight is 419 g/mol. The lowest BCUT2D eigenvalue weighted by molar-refractivity contribution is -0.153. The second-order valence-electron chi connectivity index (χ2n) is 6.13. The summed E-state index contributed by atoms with van der Waals surface area (Å²) in [6.45, 7) is -1.83. The summed E-state index contributed by atoms with van der Waals surface area (Å²) in [5.41, 5.74) is 0.293. The van der Waals surface area contributed by atoms with Crippen LogP contribution in [0.1, 0.15) is 10.4 Å². The van der Waals surface area contributed by atoms with E-state index in [9.17, 15) is 22.8 Å². The third-order valence-electron chi connectivity index (χ3n) is 3.97. The number of halogens is 3. The normalized spacial score (nSPS) is 11.2. The molecule has 0 spiro atoms. The van der Waals surface area contributed by atoms with Gasteiger partial charge in [-0.2, -0.15) is 13.2 Å². The number of anilines is 1. The Labute approximate surface area is 168 Å². The third-order valence-corrected chi connectivity index (χ3v) is 3.97. The topological polar surface area (TPSA) is 99.0 Å². The highest BCUT2D eigenvalue weighted by atomic mass is 19.4. The molecule has 1 N–H and O–H groups in total. The standard InChI is InChI=1S/C19H16F3N5O3/c1-27-17(29)8-14(13-6-7-23-11-25-13)26-18(27)24-9-15(28)12-4-2-3-5-16(12)30-10-19(20,21)22/h2-8,11H,9-10H2,1H3,(H,24,26). The fourth-order valence-corrected chi connectivity index (χ4v) is 2.51. The number of rotatable bonds is 7. The van der Waals surface area contributed by atoms with E-state index < -0.39 is 18.6 Å². The number of carbonyl (C=O) groups is 1. The Morgan fingerprint density at radius 1 is 1.20 bits per heavy atom. The molecule has 8 nitrogen and oxygen atoms in total. The predicted molar refractivity (Wildman–Crippen MR) is 101 cm³/mol. The summed E-state index contributed by atoms with van der Waals surface area (Å²) in [6, 6.07) is 8.48. The van der Waals surface area contributed by atoms with E-state index in [0.29, 0.717) is 5.69 Å². The Morgan fingerprint density at radius 2 is 1.97 bits per heavy atom. The zero-order chi connectivity index (χ0) is 21.7. The van der Waals surface area contributed by atoms with Crippen molar-refractivity contribution in [2.24, 2.45) is 7.05 Å². The van der Waals surface area contributed by atoms with Crippen LogP contribution in [0.15, 0.2) is 53.7 Å². The summed E-state index contributed by atoms with van der Waals surface area (Å²) in [5.74, 6) is -0.620. The molecule has 1 aromatic carbocycles. The van der Waals surface area contributed by atoms with Gasteiger partial charge in [-0.1, -0.05) is 12.1 Å². The van der Waals surface area contributed by atoms with Crippen molar-refractivity contribution in [3.05, 3.63) is 64.8 Å². The van der Waals surface area contributed by atoms with Gasteiger partial charge >= 0.3 is 6.18 Å². The first kappa shape index (κ1) is 21.0. The summed E-state index contributed by atoms with van der Waals surface area (Å²) < 4.78 is 43.2. The Kier molecular flexibility index (Phi) is 6.09. The number of nitrogens with zero attached hydrogens (tertiary/aromatic N) is 4. The lowest BCUT2D eigenvalue weighted by Gasteiger charge is -2.14. The predicted octanol–water partition coefficient (Wildman–Crippen LogP) is 2.47. The van der Waals surface area contributed by atoms with Gasteiger partial charge in [0.15, 0.2) is 12.4 Å².